The zero-order chi connectivity index (χ0) is 20.5. The largest absolute Gasteiger partial charge is 0.364 e. The molecule has 3 heterocycles. The molecule has 3 aromatic heterocycles. The first-order valence-corrected chi connectivity index (χ1v) is 9.19. The number of benzene rings is 2. The number of aromatic nitrogens is 5. The molecule has 0 fully saturated rings. The Hall–Kier alpha value is -4.38. The van der Waals surface area contributed by atoms with Gasteiger partial charge in [0.15, 0.2) is 11.5 Å². The number of pyridine rings is 1. The van der Waals surface area contributed by atoms with Crippen molar-refractivity contribution in [2.45, 2.75) is 6.54 Å². The van der Waals surface area contributed by atoms with E-state index in [0.717, 1.165) is 10.9 Å². The minimum Gasteiger partial charge on any atom is -0.364 e. The van der Waals surface area contributed by atoms with Crippen LogP contribution in [0.2, 0.25) is 0 Å². The lowest BCUT2D eigenvalue weighted by Crippen LogP contribution is -2.06. The third-order valence-electron chi connectivity index (χ3n) is 4.81. The number of imidazole rings is 1. The number of anilines is 1. The summed E-state index contributed by atoms with van der Waals surface area (Å²) in [5.74, 6) is 0.255. The average molecular weight is 395 g/mol. The molecule has 0 amide bonds. The maximum atomic E-state index is 13.9. The molecule has 0 saturated heterocycles. The fourth-order valence-electron chi connectivity index (χ4n) is 3.43. The lowest BCUT2D eigenvalue weighted by atomic mass is 10.0. The van der Waals surface area contributed by atoms with E-state index in [1.54, 1.807) is 24.5 Å². The quantitative estimate of drug-likeness (QED) is 0.473. The first-order valence-electron chi connectivity index (χ1n) is 9.19. The predicted octanol–water partition coefficient (Wildman–Crippen LogP) is 4.19. The molecule has 8 heteroatoms. The first-order chi connectivity index (χ1) is 14.7. The van der Waals surface area contributed by atoms with E-state index in [1.807, 2.05) is 18.2 Å². The highest BCUT2D eigenvalue weighted by Crippen LogP contribution is 2.28. The van der Waals surface area contributed by atoms with Gasteiger partial charge in [0.25, 0.3) is 0 Å². The number of aromatic amines is 1. The van der Waals surface area contributed by atoms with Crippen molar-refractivity contribution < 1.29 is 4.39 Å². The highest BCUT2D eigenvalue weighted by atomic mass is 19.1. The fraction of sp³-hybridized carbons (Fsp3) is 0.0455. The molecular formula is C22H14FN7. The summed E-state index contributed by atoms with van der Waals surface area (Å²) in [4.78, 5) is 20.3. The van der Waals surface area contributed by atoms with E-state index in [4.69, 9.17) is 4.98 Å². The first kappa shape index (κ1) is 17.7. The van der Waals surface area contributed by atoms with E-state index in [-0.39, 0.29) is 5.82 Å². The maximum absolute atomic E-state index is 13.9. The number of hydrogen-bond donors (Lipinski definition) is 2. The Labute approximate surface area is 170 Å². The minimum absolute atomic E-state index is 0.350. The minimum atomic E-state index is -0.350. The topological polar surface area (TPSA) is 103 Å². The maximum Gasteiger partial charge on any atom is 0.182 e. The Bertz CT molecular complexity index is 1430. The molecule has 0 aliphatic carbocycles. The number of nitriles is 1. The standard InChI is InChI=1S/C22H14FN7/c23-17-6-2-4-14(8-17)19-16(7-13-3-1-5-15(9-24)18(13)30-19)10-25-21-20-22(27-11-26-20)29-12-28-21/h1-8,11-12H,10H2,(H2,25,26,27,28,29). The number of nitrogens with one attached hydrogen (secondary N) is 2. The van der Waals surface area contributed by atoms with Crippen molar-refractivity contribution in [3.8, 4) is 17.3 Å². The zero-order valence-corrected chi connectivity index (χ0v) is 15.6. The smallest absolute Gasteiger partial charge is 0.182 e. The summed E-state index contributed by atoms with van der Waals surface area (Å²) in [6.07, 6.45) is 3.00. The predicted molar refractivity (Wildman–Crippen MR) is 111 cm³/mol. The van der Waals surface area contributed by atoms with Gasteiger partial charge in [0.1, 0.15) is 23.7 Å². The van der Waals surface area contributed by atoms with Gasteiger partial charge in [-0.25, -0.2) is 24.3 Å². The van der Waals surface area contributed by atoms with Gasteiger partial charge in [-0.1, -0.05) is 24.3 Å². The number of hydrogen-bond acceptors (Lipinski definition) is 6. The van der Waals surface area contributed by atoms with E-state index >= 15 is 0 Å². The molecule has 0 radical (unpaired) electrons. The summed E-state index contributed by atoms with van der Waals surface area (Å²) in [6, 6.07) is 15.8. The third kappa shape index (κ3) is 3.08. The van der Waals surface area contributed by atoms with Crippen LogP contribution in [0, 0.1) is 17.1 Å². The second-order valence-electron chi connectivity index (χ2n) is 6.67. The summed E-state index contributed by atoms with van der Waals surface area (Å²) >= 11 is 0. The van der Waals surface area contributed by atoms with Crippen LogP contribution in [0.4, 0.5) is 10.2 Å². The van der Waals surface area contributed by atoms with Gasteiger partial charge in [-0.05, 0) is 29.8 Å². The van der Waals surface area contributed by atoms with Gasteiger partial charge in [-0.2, -0.15) is 5.26 Å². The van der Waals surface area contributed by atoms with Crippen LogP contribution in [-0.4, -0.2) is 24.9 Å². The van der Waals surface area contributed by atoms with Crippen LogP contribution >= 0.6 is 0 Å². The van der Waals surface area contributed by atoms with Gasteiger partial charge in [0, 0.05) is 17.5 Å². The Balaban J connectivity index is 1.63. The van der Waals surface area contributed by atoms with Gasteiger partial charge in [-0.3, -0.25) is 0 Å². The second kappa shape index (κ2) is 7.22. The molecule has 5 rings (SSSR count). The Morgan fingerprint density at radius 3 is 2.83 bits per heavy atom. The molecule has 0 saturated carbocycles. The van der Waals surface area contributed by atoms with E-state index in [1.165, 1.54) is 18.5 Å². The van der Waals surface area contributed by atoms with Crippen molar-refractivity contribution >= 4 is 27.9 Å². The van der Waals surface area contributed by atoms with Crippen LogP contribution in [0.3, 0.4) is 0 Å². The monoisotopic (exact) mass is 395 g/mol. The molecule has 0 aliphatic heterocycles. The lowest BCUT2D eigenvalue weighted by Gasteiger charge is -2.13. The number of halogens is 1. The number of fused-ring (bicyclic) bond motifs is 2. The zero-order valence-electron chi connectivity index (χ0n) is 15.6. The van der Waals surface area contributed by atoms with Crippen molar-refractivity contribution in [3.05, 3.63) is 78.1 Å². The molecule has 0 spiro atoms. The van der Waals surface area contributed by atoms with Crippen molar-refractivity contribution in [2.24, 2.45) is 0 Å². The molecule has 2 aromatic carbocycles. The highest BCUT2D eigenvalue weighted by molar-refractivity contribution is 5.88. The third-order valence-corrected chi connectivity index (χ3v) is 4.81. The summed E-state index contributed by atoms with van der Waals surface area (Å²) in [5, 5.41) is 13.6. The summed E-state index contributed by atoms with van der Waals surface area (Å²) in [7, 11) is 0. The molecule has 7 nitrogen and oxygen atoms in total. The molecule has 30 heavy (non-hydrogen) atoms. The average Bonchev–Trinajstić information content (AvgIpc) is 3.26. The van der Waals surface area contributed by atoms with Gasteiger partial charge in [0.2, 0.25) is 0 Å². The van der Waals surface area contributed by atoms with Crippen molar-refractivity contribution in [2.75, 3.05) is 5.32 Å². The Morgan fingerprint density at radius 2 is 1.97 bits per heavy atom. The van der Waals surface area contributed by atoms with E-state index < -0.39 is 0 Å². The Kier molecular flexibility index (Phi) is 4.26. The number of H-pyrrole nitrogens is 1. The second-order valence-corrected chi connectivity index (χ2v) is 6.67. The molecule has 0 atom stereocenters. The van der Waals surface area contributed by atoms with Crippen LogP contribution in [0.5, 0.6) is 0 Å². The molecule has 144 valence electrons. The van der Waals surface area contributed by atoms with Crippen LogP contribution < -0.4 is 5.32 Å². The number of rotatable bonds is 4. The molecule has 2 N–H and O–H groups in total. The van der Waals surface area contributed by atoms with Crippen LogP contribution in [0.25, 0.3) is 33.3 Å². The van der Waals surface area contributed by atoms with E-state index in [9.17, 15) is 9.65 Å². The van der Waals surface area contributed by atoms with Gasteiger partial charge in [0.05, 0.1) is 23.1 Å². The van der Waals surface area contributed by atoms with Crippen molar-refractivity contribution in [3.63, 3.8) is 0 Å². The lowest BCUT2D eigenvalue weighted by molar-refractivity contribution is 0.628. The summed E-state index contributed by atoms with van der Waals surface area (Å²) in [5.41, 5.74) is 4.40. The SMILES string of the molecule is N#Cc1cccc2cc(CNc3ncnc4nc[nH]c34)c(-c3cccc(F)c3)nc12. The normalized spacial score (nSPS) is 10.9. The van der Waals surface area contributed by atoms with Crippen molar-refractivity contribution in [1.29, 1.82) is 5.26 Å². The van der Waals surface area contributed by atoms with Crippen LogP contribution in [-0.2, 0) is 6.54 Å². The van der Waals surface area contributed by atoms with E-state index in [2.05, 4.69) is 31.3 Å². The summed E-state index contributed by atoms with van der Waals surface area (Å²) < 4.78 is 13.9. The molecule has 0 aliphatic rings. The molecule has 5 aromatic rings. The number of nitrogens with zero attached hydrogens (tertiary/aromatic N) is 5. The Morgan fingerprint density at radius 1 is 1.07 bits per heavy atom. The fourth-order valence-corrected chi connectivity index (χ4v) is 3.43. The van der Waals surface area contributed by atoms with E-state index in [0.29, 0.717) is 45.9 Å². The molecular weight excluding hydrogens is 381 g/mol. The van der Waals surface area contributed by atoms with Crippen molar-refractivity contribution in [1.82, 2.24) is 24.9 Å². The summed E-state index contributed by atoms with van der Waals surface area (Å²) in [6.45, 7) is 0.386. The molecule has 0 bridgehead atoms. The molecule has 0 unspecified atom stereocenters. The van der Waals surface area contributed by atoms with Crippen LogP contribution in [0.1, 0.15) is 11.1 Å². The van der Waals surface area contributed by atoms with Gasteiger partial charge >= 0.3 is 0 Å². The van der Waals surface area contributed by atoms with Crippen LogP contribution in [0.15, 0.2) is 61.2 Å². The van der Waals surface area contributed by atoms with Gasteiger partial charge < -0.3 is 10.3 Å². The highest BCUT2D eigenvalue weighted by Gasteiger charge is 2.14. The number of para-hydroxylation sites is 1. The van der Waals surface area contributed by atoms with Gasteiger partial charge in [-0.15, -0.1) is 0 Å².